The Kier molecular flexibility index (Phi) is 3.26. The summed E-state index contributed by atoms with van der Waals surface area (Å²) in [4.78, 5) is 11.9. The molecule has 0 amide bonds. The van der Waals surface area contributed by atoms with Gasteiger partial charge in [-0.2, -0.15) is 5.10 Å². The fourth-order valence-electron chi connectivity index (χ4n) is 2.15. The zero-order valence-electron chi connectivity index (χ0n) is 11.6. The third-order valence-electron chi connectivity index (χ3n) is 3.26. The number of nitrogens with one attached hydrogen (secondary N) is 1. The first-order chi connectivity index (χ1) is 9.67. The van der Waals surface area contributed by atoms with E-state index in [-0.39, 0.29) is 5.97 Å². The molecular weight excluding hydrogens is 254 g/mol. The molecule has 0 spiro atoms. The van der Waals surface area contributed by atoms with Gasteiger partial charge in [-0.25, -0.2) is 4.79 Å². The lowest BCUT2D eigenvalue weighted by molar-refractivity contribution is 0.0526. The minimum Gasteiger partial charge on any atom is -0.462 e. The number of aromatic nitrogens is 2. The molecule has 1 saturated carbocycles. The van der Waals surface area contributed by atoms with Gasteiger partial charge in [-0.05, 0) is 44.9 Å². The highest BCUT2D eigenvalue weighted by Crippen LogP contribution is 2.30. The highest BCUT2D eigenvalue weighted by atomic mass is 16.5. The van der Waals surface area contributed by atoms with Crippen molar-refractivity contribution in [3.63, 3.8) is 0 Å². The molecule has 104 valence electrons. The molecule has 0 saturated heterocycles. The van der Waals surface area contributed by atoms with Crippen molar-refractivity contribution in [3.05, 3.63) is 29.5 Å². The number of ether oxygens (including phenoxy) is 1. The van der Waals surface area contributed by atoms with Crippen LogP contribution in [0.3, 0.4) is 0 Å². The second-order valence-corrected chi connectivity index (χ2v) is 5.09. The van der Waals surface area contributed by atoms with Crippen LogP contribution >= 0.6 is 0 Å². The Morgan fingerprint density at radius 1 is 1.35 bits per heavy atom. The number of hydrogen-bond donors (Lipinski definition) is 1. The molecule has 20 heavy (non-hydrogen) atoms. The van der Waals surface area contributed by atoms with Gasteiger partial charge >= 0.3 is 5.97 Å². The van der Waals surface area contributed by atoms with E-state index in [9.17, 15) is 4.79 Å². The summed E-state index contributed by atoms with van der Waals surface area (Å²) in [5, 5.41) is 12.7. The molecule has 1 aromatic carbocycles. The zero-order valence-corrected chi connectivity index (χ0v) is 11.6. The van der Waals surface area contributed by atoms with Crippen molar-refractivity contribution >= 4 is 22.6 Å². The molecule has 0 aliphatic heterocycles. The van der Waals surface area contributed by atoms with Gasteiger partial charge in [0.25, 0.3) is 0 Å². The van der Waals surface area contributed by atoms with Gasteiger partial charge in [0.15, 0.2) is 0 Å². The number of nitrogens with zero attached hydrogens (tertiary/aromatic N) is 2. The van der Waals surface area contributed by atoms with Crippen LogP contribution in [0.1, 0.15) is 35.8 Å². The summed E-state index contributed by atoms with van der Waals surface area (Å²) in [7, 11) is 0. The standard InChI is InChI=1S/C15H17N3O2/c1-3-20-15(19)11-7-10-6-9(2)17-18-14(10)13(8-11)16-12-4-5-12/h6-8,12,16H,3-5H2,1-2H3. The number of anilines is 1. The van der Waals surface area contributed by atoms with E-state index in [1.54, 1.807) is 6.92 Å². The molecule has 5 nitrogen and oxygen atoms in total. The second kappa shape index (κ2) is 5.07. The van der Waals surface area contributed by atoms with Gasteiger partial charge in [0.1, 0.15) is 5.52 Å². The van der Waals surface area contributed by atoms with Crippen LogP contribution in [0.25, 0.3) is 10.9 Å². The van der Waals surface area contributed by atoms with Crippen molar-refractivity contribution in [2.45, 2.75) is 32.7 Å². The lowest BCUT2D eigenvalue weighted by atomic mass is 10.1. The molecule has 1 N–H and O–H groups in total. The average Bonchev–Trinajstić information content (AvgIpc) is 3.22. The van der Waals surface area contributed by atoms with Crippen molar-refractivity contribution in [2.24, 2.45) is 0 Å². The van der Waals surface area contributed by atoms with Crippen LogP contribution < -0.4 is 5.32 Å². The quantitative estimate of drug-likeness (QED) is 0.866. The van der Waals surface area contributed by atoms with E-state index in [0.29, 0.717) is 18.2 Å². The van der Waals surface area contributed by atoms with Gasteiger partial charge in [0.05, 0.1) is 23.6 Å². The maximum Gasteiger partial charge on any atom is 0.338 e. The van der Waals surface area contributed by atoms with E-state index in [2.05, 4.69) is 15.5 Å². The molecule has 3 rings (SSSR count). The molecule has 1 heterocycles. The SMILES string of the molecule is CCOC(=O)c1cc(NC2CC2)c2nnc(C)cc2c1. The molecule has 2 aromatic rings. The first-order valence-corrected chi connectivity index (χ1v) is 6.89. The summed E-state index contributed by atoms with van der Waals surface area (Å²) in [5.74, 6) is -0.303. The van der Waals surface area contributed by atoms with Crippen molar-refractivity contribution < 1.29 is 9.53 Å². The lowest BCUT2D eigenvalue weighted by Gasteiger charge is -2.10. The number of hydrogen-bond acceptors (Lipinski definition) is 5. The van der Waals surface area contributed by atoms with E-state index in [4.69, 9.17) is 4.74 Å². The Morgan fingerprint density at radius 2 is 2.15 bits per heavy atom. The predicted molar refractivity (Wildman–Crippen MR) is 76.9 cm³/mol. The lowest BCUT2D eigenvalue weighted by Crippen LogP contribution is -2.08. The normalized spacial score (nSPS) is 14.3. The van der Waals surface area contributed by atoms with Crippen molar-refractivity contribution in [3.8, 4) is 0 Å². The van der Waals surface area contributed by atoms with Crippen LogP contribution in [0.2, 0.25) is 0 Å². The molecule has 0 radical (unpaired) electrons. The number of rotatable bonds is 4. The minimum atomic E-state index is -0.303. The Morgan fingerprint density at radius 3 is 2.85 bits per heavy atom. The first-order valence-electron chi connectivity index (χ1n) is 6.89. The third kappa shape index (κ3) is 2.57. The highest BCUT2D eigenvalue weighted by molar-refractivity contribution is 6.00. The largest absolute Gasteiger partial charge is 0.462 e. The summed E-state index contributed by atoms with van der Waals surface area (Å²) in [5.41, 5.74) is 3.04. The van der Waals surface area contributed by atoms with Gasteiger partial charge < -0.3 is 10.1 Å². The Labute approximate surface area is 117 Å². The summed E-state index contributed by atoms with van der Waals surface area (Å²) >= 11 is 0. The number of carbonyl (C=O) groups excluding carboxylic acids is 1. The number of carbonyl (C=O) groups is 1. The zero-order chi connectivity index (χ0) is 14.1. The number of fused-ring (bicyclic) bond motifs is 1. The molecule has 1 fully saturated rings. The van der Waals surface area contributed by atoms with Gasteiger partial charge in [-0.15, -0.1) is 5.10 Å². The van der Waals surface area contributed by atoms with E-state index in [1.165, 1.54) is 0 Å². The van der Waals surface area contributed by atoms with Crippen LogP contribution in [0, 0.1) is 6.92 Å². The van der Waals surface area contributed by atoms with Crippen LogP contribution in [0.5, 0.6) is 0 Å². The predicted octanol–water partition coefficient (Wildman–Crippen LogP) is 2.69. The van der Waals surface area contributed by atoms with Crippen LogP contribution in [0.4, 0.5) is 5.69 Å². The Balaban J connectivity index is 2.09. The fraction of sp³-hybridized carbons (Fsp3) is 0.400. The highest BCUT2D eigenvalue weighted by Gasteiger charge is 2.23. The van der Waals surface area contributed by atoms with Gasteiger partial charge in [0.2, 0.25) is 0 Å². The topological polar surface area (TPSA) is 64.1 Å². The Hall–Kier alpha value is -2.17. The van der Waals surface area contributed by atoms with Crippen molar-refractivity contribution in [1.82, 2.24) is 10.2 Å². The molecular formula is C15H17N3O2. The maximum absolute atomic E-state index is 11.9. The molecule has 0 unspecified atom stereocenters. The van der Waals surface area contributed by atoms with Gasteiger partial charge in [-0.1, -0.05) is 0 Å². The third-order valence-corrected chi connectivity index (χ3v) is 3.26. The number of esters is 1. The fourth-order valence-corrected chi connectivity index (χ4v) is 2.15. The minimum absolute atomic E-state index is 0.303. The molecule has 5 heteroatoms. The molecule has 1 aliphatic rings. The molecule has 1 aromatic heterocycles. The average molecular weight is 271 g/mol. The van der Waals surface area contributed by atoms with E-state index in [1.807, 2.05) is 25.1 Å². The molecule has 0 atom stereocenters. The van der Waals surface area contributed by atoms with Crippen LogP contribution in [-0.4, -0.2) is 28.8 Å². The molecule has 1 aliphatic carbocycles. The molecule has 0 bridgehead atoms. The monoisotopic (exact) mass is 271 g/mol. The maximum atomic E-state index is 11.9. The number of benzene rings is 1. The van der Waals surface area contributed by atoms with E-state index >= 15 is 0 Å². The number of aryl methyl sites for hydroxylation is 1. The Bertz CT molecular complexity index is 665. The van der Waals surface area contributed by atoms with Crippen molar-refractivity contribution in [1.29, 1.82) is 0 Å². The summed E-state index contributed by atoms with van der Waals surface area (Å²) in [6.45, 7) is 4.06. The summed E-state index contributed by atoms with van der Waals surface area (Å²) in [6, 6.07) is 6.04. The van der Waals surface area contributed by atoms with E-state index < -0.39 is 0 Å². The van der Waals surface area contributed by atoms with Crippen molar-refractivity contribution in [2.75, 3.05) is 11.9 Å². The first kappa shape index (κ1) is 12.8. The smallest absolute Gasteiger partial charge is 0.338 e. The second-order valence-electron chi connectivity index (χ2n) is 5.09. The van der Waals surface area contributed by atoms with Gasteiger partial charge in [0, 0.05) is 11.4 Å². The van der Waals surface area contributed by atoms with E-state index in [0.717, 1.165) is 35.1 Å². The summed E-state index contributed by atoms with van der Waals surface area (Å²) < 4.78 is 5.08. The van der Waals surface area contributed by atoms with Crippen LogP contribution in [0.15, 0.2) is 18.2 Å². The van der Waals surface area contributed by atoms with Gasteiger partial charge in [-0.3, -0.25) is 0 Å². The van der Waals surface area contributed by atoms with Crippen LogP contribution in [-0.2, 0) is 4.74 Å². The summed E-state index contributed by atoms with van der Waals surface area (Å²) in [6.07, 6.45) is 2.31.